The summed E-state index contributed by atoms with van der Waals surface area (Å²) in [5.41, 5.74) is 2.76. The van der Waals surface area contributed by atoms with E-state index >= 15 is 0 Å². The van der Waals surface area contributed by atoms with Crippen molar-refractivity contribution in [2.45, 2.75) is 11.8 Å². The van der Waals surface area contributed by atoms with Crippen LogP contribution in [0.25, 0.3) is 15.9 Å². The van der Waals surface area contributed by atoms with Crippen LogP contribution in [0.4, 0.5) is 5.13 Å². The zero-order valence-corrected chi connectivity index (χ0v) is 21.7. The average Bonchev–Trinajstić information content (AvgIpc) is 3.36. The highest BCUT2D eigenvalue weighted by molar-refractivity contribution is 7.90. The summed E-state index contributed by atoms with van der Waals surface area (Å²) < 4.78 is 26.4. The molecule has 2 heterocycles. The third kappa shape index (κ3) is 5.30. The lowest BCUT2D eigenvalue weighted by molar-refractivity contribution is 0.0984. The molecule has 0 unspecified atom stereocenters. The molecular weight excluding hydrogens is 494 g/mol. The van der Waals surface area contributed by atoms with Gasteiger partial charge in [0.1, 0.15) is 0 Å². The Hall–Kier alpha value is -2.79. The van der Waals surface area contributed by atoms with Gasteiger partial charge in [0.05, 0.1) is 38.3 Å². The van der Waals surface area contributed by atoms with Crippen LogP contribution in [0.15, 0.2) is 59.6 Å². The molecule has 11 heteroatoms. The average molecular weight is 520 g/mol. The van der Waals surface area contributed by atoms with Crippen LogP contribution in [-0.2, 0) is 9.84 Å². The van der Waals surface area contributed by atoms with Gasteiger partial charge in [0.25, 0.3) is 5.91 Å². The van der Waals surface area contributed by atoms with Crippen LogP contribution in [0.1, 0.15) is 16.1 Å². The summed E-state index contributed by atoms with van der Waals surface area (Å²) in [6, 6.07) is 14.5. The number of sulfone groups is 1. The van der Waals surface area contributed by atoms with Crippen LogP contribution in [0.5, 0.6) is 0 Å². The standard InChI is InChI=1S/C23H25N5O3S2.ClH/c1-16-19(15-24-28(16)17-8-6-5-7-9-17)22(29)27(13-12-26(2)3)23-25-20-11-10-18(33(4,30)31)14-21(20)32-23;/h5-11,14-15H,12-13H2,1-4H3;1H. The van der Waals surface area contributed by atoms with E-state index in [2.05, 4.69) is 10.1 Å². The Bertz CT molecular complexity index is 1420. The topological polar surface area (TPSA) is 88.4 Å². The summed E-state index contributed by atoms with van der Waals surface area (Å²) in [6.07, 6.45) is 2.76. The Morgan fingerprint density at radius 1 is 1.09 bits per heavy atom. The molecule has 0 aliphatic heterocycles. The maximum Gasteiger partial charge on any atom is 0.263 e. The van der Waals surface area contributed by atoms with Crippen molar-refractivity contribution < 1.29 is 13.2 Å². The number of amides is 1. The molecule has 0 fully saturated rings. The van der Waals surface area contributed by atoms with Crippen molar-refractivity contribution in [1.82, 2.24) is 19.7 Å². The highest BCUT2D eigenvalue weighted by atomic mass is 35.5. The van der Waals surface area contributed by atoms with Gasteiger partial charge >= 0.3 is 0 Å². The molecule has 4 aromatic rings. The summed E-state index contributed by atoms with van der Waals surface area (Å²) in [7, 11) is 0.550. The van der Waals surface area contributed by atoms with Crippen LogP contribution in [0.2, 0.25) is 0 Å². The summed E-state index contributed by atoms with van der Waals surface area (Å²) in [5.74, 6) is -0.195. The number of thiazole rings is 1. The molecule has 0 bridgehead atoms. The van der Waals surface area contributed by atoms with E-state index in [4.69, 9.17) is 0 Å². The van der Waals surface area contributed by atoms with Gasteiger partial charge < -0.3 is 4.90 Å². The number of hydrogen-bond acceptors (Lipinski definition) is 7. The molecule has 1 amide bonds. The molecule has 180 valence electrons. The van der Waals surface area contributed by atoms with Crippen LogP contribution in [0.3, 0.4) is 0 Å². The molecule has 0 aliphatic carbocycles. The summed E-state index contributed by atoms with van der Waals surface area (Å²) in [4.78, 5) is 22.2. The highest BCUT2D eigenvalue weighted by Crippen LogP contribution is 2.32. The van der Waals surface area contributed by atoms with E-state index in [1.807, 2.05) is 56.3 Å². The number of halogens is 1. The van der Waals surface area contributed by atoms with Gasteiger partial charge in [0.2, 0.25) is 0 Å². The number of likely N-dealkylation sites (N-methyl/N-ethyl adjacent to an activating group) is 1. The predicted molar refractivity (Wildman–Crippen MR) is 139 cm³/mol. The first kappa shape index (κ1) is 25.8. The molecule has 0 saturated heterocycles. The number of anilines is 1. The van der Waals surface area contributed by atoms with Crippen molar-refractivity contribution in [3.63, 3.8) is 0 Å². The molecule has 4 rings (SSSR count). The second kappa shape index (κ2) is 10.2. The van der Waals surface area contributed by atoms with E-state index in [1.165, 1.54) is 17.6 Å². The number of aromatic nitrogens is 3. The highest BCUT2D eigenvalue weighted by Gasteiger charge is 2.25. The second-order valence-electron chi connectivity index (χ2n) is 8.05. The smallest absolute Gasteiger partial charge is 0.263 e. The number of benzene rings is 2. The van der Waals surface area contributed by atoms with Gasteiger partial charge in [0.15, 0.2) is 15.0 Å². The number of nitrogens with zero attached hydrogens (tertiary/aromatic N) is 5. The van der Waals surface area contributed by atoms with Crippen LogP contribution < -0.4 is 4.90 Å². The fraction of sp³-hybridized carbons (Fsp3) is 0.261. The quantitative estimate of drug-likeness (QED) is 0.369. The molecule has 0 radical (unpaired) electrons. The minimum absolute atomic E-state index is 0. The number of carbonyl (C=O) groups excluding carboxylic acids is 1. The molecule has 0 atom stereocenters. The number of hydrogen-bond donors (Lipinski definition) is 0. The van der Waals surface area contributed by atoms with E-state index < -0.39 is 9.84 Å². The Labute approximate surface area is 209 Å². The molecule has 2 aromatic heterocycles. The first-order valence-corrected chi connectivity index (χ1v) is 13.0. The van der Waals surface area contributed by atoms with Gasteiger partial charge in [-0.3, -0.25) is 9.69 Å². The molecule has 8 nitrogen and oxygen atoms in total. The minimum atomic E-state index is -3.33. The maximum atomic E-state index is 13.7. The maximum absolute atomic E-state index is 13.7. The summed E-state index contributed by atoms with van der Waals surface area (Å²) >= 11 is 1.30. The number of rotatable bonds is 7. The van der Waals surface area contributed by atoms with E-state index in [0.717, 1.165) is 11.4 Å². The van der Waals surface area contributed by atoms with Crippen molar-refractivity contribution in [3.8, 4) is 5.69 Å². The molecule has 0 spiro atoms. The second-order valence-corrected chi connectivity index (χ2v) is 11.1. The monoisotopic (exact) mass is 519 g/mol. The van der Waals surface area contributed by atoms with E-state index in [9.17, 15) is 13.2 Å². The number of para-hydroxylation sites is 1. The van der Waals surface area contributed by atoms with Gasteiger partial charge in [-0.05, 0) is 51.4 Å². The lowest BCUT2D eigenvalue weighted by Gasteiger charge is -2.21. The first-order chi connectivity index (χ1) is 15.6. The molecule has 34 heavy (non-hydrogen) atoms. The van der Waals surface area contributed by atoms with Crippen molar-refractivity contribution >= 4 is 54.8 Å². The van der Waals surface area contributed by atoms with Crippen molar-refractivity contribution in [2.75, 3.05) is 38.3 Å². The molecule has 0 N–H and O–H groups in total. The normalized spacial score (nSPS) is 11.6. The first-order valence-electron chi connectivity index (χ1n) is 10.3. The predicted octanol–water partition coefficient (Wildman–Crippen LogP) is 3.82. The Morgan fingerprint density at radius 2 is 1.79 bits per heavy atom. The number of carbonyl (C=O) groups is 1. The van der Waals surface area contributed by atoms with E-state index in [0.29, 0.717) is 34.0 Å². The fourth-order valence-electron chi connectivity index (χ4n) is 3.42. The molecule has 0 aliphatic rings. The summed E-state index contributed by atoms with van der Waals surface area (Å²) in [5, 5.41) is 4.96. The van der Waals surface area contributed by atoms with Gasteiger partial charge in [-0.15, -0.1) is 12.4 Å². The Kier molecular flexibility index (Phi) is 7.77. The van der Waals surface area contributed by atoms with Gasteiger partial charge in [-0.25, -0.2) is 18.1 Å². The minimum Gasteiger partial charge on any atom is -0.308 e. The molecule has 2 aromatic carbocycles. The van der Waals surface area contributed by atoms with Crippen molar-refractivity contribution in [3.05, 3.63) is 66.0 Å². The van der Waals surface area contributed by atoms with Gasteiger partial charge in [0, 0.05) is 19.3 Å². The third-order valence-electron chi connectivity index (χ3n) is 5.26. The fourth-order valence-corrected chi connectivity index (χ4v) is 5.17. The zero-order valence-electron chi connectivity index (χ0n) is 19.3. The summed E-state index contributed by atoms with van der Waals surface area (Å²) in [6.45, 7) is 2.94. The number of fused-ring (bicyclic) bond motifs is 1. The Morgan fingerprint density at radius 3 is 2.44 bits per heavy atom. The lowest BCUT2D eigenvalue weighted by Crippen LogP contribution is -2.37. The van der Waals surface area contributed by atoms with Crippen molar-refractivity contribution in [1.29, 1.82) is 0 Å². The van der Waals surface area contributed by atoms with E-state index in [1.54, 1.807) is 34.0 Å². The zero-order chi connectivity index (χ0) is 23.8. The lowest BCUT2D eigenvalue weighted by atomic mass is 10.2. The molecule has 0 saturated carbocycles. The van der Waals surface area contributed by atoms with Gasteiger partial charge in [-0.2, -0.15) is 5.10 Å². The van der Waals surface area contributed by atoms with Crippen LogP contribution in [-0.4, -0.2) is 67.4 Å². The van der Waals surface area contributed by atoms with Crippen LogP contribution >= 0.6 is 23.7 Å². The Balaban J connectivity index is 0.00000324. The van der Waals surface area contributed by atoms with E-state index in [-0.39, 0.29) is 23.2 Å². The van der Waals surface area contributed by atoms with Gasteiger partial charge in [-0.1, -0.05) is 29.5 Å². The SMILES string of the molecule is Cc1c(C(=O)N(CCN(C)C)c2nc3ccc(S(C)(=O)=O)cc3s2)cnn1-c1ccccc1.Cl. The van der Waals surface area contributed by atoms with Crippen LogP contribution in [0, 0.1) is 6.92 Å². The third-order valence-corrected chi connectivity index (χ3v) is 7.42. The largest absolute Gasteiger partial charge is 0.308 e. The molecular formula is C23H26ClN5O3S2. The van der Waals surface area contributed by atoms with Crippen molar-refractivity contribution in [2.24, 2.45) is 0 Å².